The number of imidazole rings is 1. The second kappa shape index (κ2) is 5.27. The molecule has 24 heavy (non-hydrogen) atoms. The Hall–Kier alpha value is -2.47. The predicted molar refractivity (Wildman–Crippen MR) is 89.3 cm³/mol. The fraction of sp³-hybridized carbons (Fsp3) is 0.333. The maximum absolute atomic E-state index is 14.0. The Labute approximate surface area is 139 Å². The van der Waals surface area contributed by atoms with Crippen molar-refractivity contribution >= 4 is 11.5 Å². The molecule has 0 radical (unpaired) electrons. The molecule has 2 aliphatic heterocycles. The van der Waals surface area contributed by atoms with Crippen molar-refractivity contribution in [2.45, 2.75) is 25.0 Å². The molecule has 2 bridgehead atoms. The van der Waals surface area contributed by atoms with Crippen LogP contribution in [-0.2, 0) is 6.54 Å². The highest BCUT2D eigenvalue weighted by atomic mass is 19.1. The van der Waals surface area contributed by atoms with Gasteiger partial charge in [0.25, 0.3) is 0 Å². The zero-order chi connectivity index (χ0) is 16.1. The van der Waals surface area contributed by atoms with Crippen LogP contribution in [0.4, 0.5) is 10.2 Å². The lowest BCUT2D eigenvalue weighted by molar-refractivity contribution is 0.227. The molecule has 0 aliphatic carbocycles. The number of hydrogen-bond acceptors (Lipinski definition) is 4. The molecule has 0 saturated carbocycles. The standard InChI is InChI=1S/C18H18FN5/c19-16-4-3-6-20-18(16)24-12-14-8-15(24)11-23(14)10-13-9-22-7-2-1-5-17(22)21-13/h1-7,9,14-15H,8,10-12H2. The largest absolute Gasteiger partial charge is 0.348 e. The Morgan fingerprint density at radius 2 is 2.08 bits per heavy atom. The van der Waals surface area contributed by atoms with E-state index in [1.54, 1.807) is 12.3 Å². The van der Waals surface area contributed by atoms with Gasteiger partial charge in [-0.15, -0.1) is 0 Å². The first-order valence-corrected chi connectivity index (χ1v) is 8.32. The van der Waals surface area contributed by atoms with Gasteiger partial charge in [-0.3, -0.25) is 4.90 Å². The van der Waals surface area contributed by atoms with Crippen molar-refractivity contribution in [2.24, 2.45) is 0 Å². The molecule has 2 saturated heterocycles. The predicted octanol–water partition coefficient (Wildman–Crippen LogP) is 2.33. The first kappa shape index (κ1) is 13.9. The molecule has 5 heterocycles. The third-order valence-corrected chi connectivity index (χ3v) is 5.14. The molecule has 6 heteroatoms. The van der Waals surface area contributed by atoms with E-state index in [9.17, 15) is 4.39 Å². The summed E-state index contributed by atoms with van der Waals surface area (Å²) in [5.41, 5.74) is 2.07. The molecule has 5 nitrogen and oxygen atoms in total. The van der Waals surface area contributed by atoms with Gasteiger partial charge in [-0.05, 0) is 30.7 Å². The Morgan fingerprint density at radius 3 is 2.88 bits per heavy atom. The molecule has 3 aromatic rings. The summed E-state index contributed by atoms with van der Waals surface area (Å²) >= 11 is 0. The lowest BCUT2D eigenvalue weighted by atomic mass is 10.2. The van der Waals surface area contributed by atoms with E-state index in [0.29, 0.717) is 17.9 Å². The molecule has 5 rings (SSSR count). The molecule has 2 atom stereocenters. The minimum Gasteiger partial charge on any atom is -0.348 e. The first-order chi connectivity index (χ1) is 11.8. The van der Waals surface area contributed by atoms with E-state index >= 15 is 0 Å². The molecule has 2 unspecified atom stereocenters. The second-order valence-electron chi connectivity index (χ2n) is 6.63. The first-order valence-electron chi connectivity index (χ1n) is 8.32. The van der Waals surface area contributed by atoms with Crippen molar-refractivity contribution in [2.75, 3.05) is 18.0 Å². The van der Waals surface area contributed by atoms with E-state index in [2.05, 4.69) is 30.4 Å². The minimum atomic E-state index is -0.225. The van der Waals surface area contributed by atoms with Gasteiger partial charge in [-0.25, -0.2) is 14.4 Å². The van der Waals surface area contributed by atoms with Crippen molar-refractivity contribution < 1.29 is 4.39 Å². The number of piperazine rings is 1. The van der Waals surface area contributed by atoms with Gasteiger partial charge in [0.05, 0.1) is 5.69 Å². The summed E-state index contributed by atoms with van der Waals surface area (Å²) < 4.78 is 16.1. The zero-order valence-electron chi connectivity index (χ0n) is 13.2. The highest BCUT2D eigenvalue weighted by Crippen LogP contribution is 2.35. The van der Waals surface area contributed by atoms with Crippen molar-refractivity contribution in [3.63, 3.8) is 0 Å². The van der Waals surface area contributed by atoms with E-state index in [0.717, 1.165) is 37.4 Å². The van der Waals surface area contributed by atoms with Gasteiger partial charge < -0.3 is 9.30 Å². The number of anilines is 1. The normalized spacial score (nSPS) is 23.5. The number of likely N-dealkylation sites (tertiary alicyclic amines) is 1. The molecule has 2 fully saturated rings. The summed E-state index contributed by atoms with van der Waals surface area (Å²) in [6.45, 7) is 2.63. The summed E-state index contributed by atoms with van der Waals surface area (Å²) in [5.74, 6) is 0.273. The monoisotopic (exact) mass is 323 g/mol. The molecule has 2 aliphatic rings. The third kappa shape index (κ3) is 2.17. The molecular weight excluding hydrogens is 305 g/mol. The molecular formula is C18H18FN5. The smallest absolute Gasteiger partial charge is 0.165 e. The lowest BCUT2D eigenvalue weighted by Crippen LogP contribution is -2.46. The van der Waals surface area contributed by atoms with E-state index in [1.165, 1.54) is 6.07 Å². The topological polar surface area (TPSA) is 36.7 Å². The minimum absolute atomic E-state index is 0.225. The van der Waals surface area contributed by atoms with Crippen LogP contribution in [0.1, 0.15) is 12.1 Å². The van der Waals surface area contributed by atoms with Gasteiger partial charge in [-0.2, -0.15) is 0 Å². The Kier molecular flexibility index (Phi) is 3.06. The molecule has 3 aromatic heterocycles. The Morgan fingerprint density at radius 1 is 1.12 bits per heavy atom. The number of fused-ring (bicyclic) bond motifs is 3. The lowest BCUT2D eigenvalue weighted by Gasteiger charge is -2.34. The van der Waals surface area contributed by atoms with Gasteiger partial charge in [0.1, 0.15) is 5.65 Å². The summed E-state index contributed by atoms with van der Waals surface area (Å²) in [6.07, 6.45) is 6.85. The van der Waals surface area contributed by atoms with Crippen LogP contribution in [0.15, 0.2) is 48.9 Å². The Bertz CT molecular complexity index is 859. The van der Waals surface area contributed by atoms with E-state index in [1.807, 2.05) is 24.4 Å². The number of halogens is 1. The van der Waals surface area contributed by atoms with Crippen LogP contribution in [0, 0.1) is 5.82 Å². The van der Waals surface area contributed by atoms with Gasteiger partial charge in [0, 0.05) is 50.3 Å². The van der Waals surface area contributed by atoms with Crippen LogP contribution in [0.5, 0.6) is 0 Å². The number of rotatable bonds is 3. The van der Waals surface area contributed by atoms with Crippen LogP contribution in [0.25, 0.3) is 5.65 Å². The second-order valence-corrected chi connectivity index (χ2v) is 6.63. The number of nitrogens with zero attached hydrogens (tertiary/aromatic N) is 5. The average Bonchev–Trinajstić information content (AvgIpc) is 3.28. The fourth-order valence-electron chi connectivity index (χ4n) is 4.06. The van der Waals surface area contributed by atoms with Gasteiger partial charge in [0.15, 0.2) is 11.6 Å². The van der Waals surface area contributed by atoms with Crippen molar-refractivity contribution in [3.05, 3.63) is 60.4 Å². The van der Waals surface area contributed by atoms with Crippen molar-refractivity contribution in [3.8, 4) is 0 Å². The third-order valence-electron chi connectivity index (χ3n) is 5.14. The summed E-state index contributed by atoms with van der Waals surface area (Å²) in [6, 6.07) is 9.95. The zero-order valence-corrected chi connectivity index (χ0v) is 13.2. The van der Waals surface area contributed by atoms with Crippen LogP contribution in [0.2, 0.25) is 0 Å². The molecule has 0 N–H and O–H groups in total. The van der Waals surface area contributed by atoms with Gasteiger partial charge >= 0.3 is 0 Å². The van der Waals surface area contributed by atoms with Crippen LogP contribution >= 0.6 is 0 Å². The fourth-order valence-corrected chi connectivity index (χ4v) is 4.06. The number of aromatic nitrogens is 3. The molecule has 0 aromatic carbocycles. The van der Waals surface area contributed by atoms with Crippen LogP contribution < -0.4 is 4.90 Å². The number of hydrogen-bond donors (Lipinski definition) is 0. The van der Waals surface area contributed by atoms with Crippen LogP contribution in [0.3, 0.4) is 0 Å². The Balaban J connectivity index is 1.33. The molecule has 0 spiro atoms. The average molecular weight is 323 g/mol. The van der Waals surface area contributed by atoms with E-state index < -0.39 is 0 Å². The summed E-state index contributed by atoms with van der Waals surface area (Å²) in [5, 5.41) is 0. The maximum atomic E-state index is 14.0. The quantitative estimate of drug-likeness (QED) is 0.741. The summed E-state index contributed by atoms with van der Waals surface area (Å²) in [4.78, 5) is 13.5. The highest BCUT2D eigenvalue weighted by molar-refractivity contribution is 5.44. The summed E-state index contributed by atoms with van der Waals surface area (Å²) in [7, 11) is 0. The van der Waals surface area contributed by atoms with Gasteiger partial charge in [-0.1, -0.05) is 6.07 Å². The number of pyridine rings is 2. The molecule has 122 valence electrons. The van der Waals surface area contributed by atoms with Crippen molar-refractivity contribution in [1.29, 1.82) is 0 Å². The van der Waals surface area contributed by atoms with Crippen LogP contribution in [-0.4, -0.2) is 44.4 Å². The van der Waals surface area contributed by atoms with E-state index in [4.69, 9.17) is 0 Å². The highest BCUT2D eigenvalue weighted by Gasteiger charge is 2.44. The SMILES string of the molecule is Fc1cccnc1N1CC2CC1CN2Cc1cn2ccccc2n1. The van der Waals surface area contributed by atoms with E-state index in [-0.39, 0.29) is 5.82 Å². The van der Waals surface area contributed by atoms with Gasteiger partial charge in [0.2, 0.25) is 0 Å². The van der Waals surface area contributed by atoms with Crippen molar-refractivity contribution in [1.82, 2.24) is 19.3 Å². The maximum Gasteiger partial charge on any atom is 0.165 e. The molecule has 0 amide bonds.